The van der Waals surface area contributed by atoms with Crippen LogP contribution in [0.3, 0.4) is 0 Å². The molecule has 0 aliphatic carbocycles. The minimum Gasteiger partial charge on any atom is -0.495 e. The van der Waals surface area contributed by atoms with Crippen LogP contribution in [0.1, 0.15) is 5.56 Å². The van der Waals surface area contributed by atoms with Crippen molar-refractivity contribution in [3.63, 3.8) is 0 Å². The van der Waals surface area contributed by atoms with Gasteiger partial charge in [-0.25, -0.2) is 0 Å². The molecule has 0 fully saturated rings. The molecular formula is C10H14ClNOS. The molecule has 4 heteroatoms. The first-order valence-corrected chi connectivity index (χ1v) is 5.43. The van der Waals surface area contributed by atoms with Crippen LogP contribution < -0.4 is 10.1 Å². The van der Waals surface area contributed by atoms with Crippen molar-refractivity contribution >= 4 is 24.2 Å². The summed E-state index contributed by atoms with van der Waals surface area (Å²) in [7, 11) is 1.61. The minimum atomic E-state index is 0.663. The van der Waals surface area contributed by atoms with Crippen molar-refractivity contribution in [2.75, 3.05) is 19.5 Å². The molecule has 0 spiro atoms. The van der Waals surface area contributed by atoms with Crippen molar-refractivity contribution in [3.05, 3.63) is 28.8 Å². The maximum atomic E-state index is 5.98. The van der Waals surface area contributed by atoms with Gasteiger partial charge in [0, 0.05) is 5.88 Å². The second kappa shape index (κ2) is 6.17. The topological polar surface area (TPSA) is 21.3 Å². The summed E-state index contributed by atoms with van der Waals surface area (Å²) in [6.07, 6.45) is 0.949. The Bertz CT molecular complexity index is 293. The molecule has 78 valence electrons. The maximum Gasteiger partial charge on any atom is 0.137 e. The molecular weight excluding hydrogens is 218 g/mol. The Labute approximate surface area is 95.0 Å². The van der Waals surface area contributed by atoms with E-state index in [-0.39, 0.29) is 0 Å². The zero-order valence-corrected chi connectivity index (χ0v) is 9.74. The summed E-state index contributed by atoms with van der Waals surface area (Å²) in [6, 6.07) is 5.84. The Morgan fingerprint density at radius 3 is 2.86 bits per heavy atom. The second-order valence-corrected chi connectivity index (χ2v) is 3.60. The fourth-order valence-corrected chi connectivity index (χ4v) is 1.62. The van der Waals surface area contributed by atoms with Crippen LogP contribution in [0.2, 0.25) is 5.02 Å². The molecule has 0 saturated carbocycles. The monoisotopic (exact) mass is 231 g/mol. The van der Waals surface area contributed by atoms with Crippen LogP contribution in [0.4, 0.5) is 0 Å². The molecule has 0 radical (unpaired) electrons. The van der Waals surface area contributed by atoms with Gasteiger partial charge in [-0.1, -0.05) is 17.7 Å². The van der Waals surface area contributed by atoms with Gasteiger partial charge < -0.3 is 10.1 Å². The predicted octanol–water partition coefficient (Wildman–Crippen LogP) is 2.37. The Balaban J connectivity index is 2.57. The fraction of sp³-hybridized carbons (Fsp3) is 0.400. The SMILES string of the molecule is COc1ccc(CCNCS)cc1Cl. The van der Waals surface area contributed by atoms with Gasteiger partial charge in [-0.15, -0.1) is 0 Å². The van der Waals surface area contributed by atoms with Crippen molar-refractivity contribution < 1.29 is 4.74 Å². The number of hydrogen-bond acceptors (Lipinski definition) is 3. The van der Waals surface area contributed by atoms with E-state index in [0.717, 1.165) is 18.7 Å². The zero-order valence-electron chi connectivity index (χ0n) is 8.09. The lowest BCUT2D eigenvalue weighted by Crippen LogP contribution is -2.14. The molecule has 2 nitrogen and oxygen atoms in total. The predicted molar refractivity (Wildman–Crippen MR) is 63.6 cm³/mol. The lowest BCUT2D eigenvalue weighted by Gasteiger charge is -2.06. The molecule has 0 atom stereocenters. The summed E-state index contributed by atoms with van der Waals surface area (Å²) in [4.78, 5) is 0. The number of hydrogen-bond donors (Lipinski definition) is 2. The van der Waals surface area contributed by atoms with Crippen LogP contribution in [0, 0.1) is 0 Å². The van der Waals surface area contributed by atoms with Gasteiger partial charge in [-0.3, -0.25) is 0 Å². The molecule has 0 aliphatic rings. The average molecular weight is 232 g/mol. The van der Waals surface area contributed by atoms with Crippen molar-refractivity contribution in [3.8, 4) is 5.75 Å². The van der Waals surface area contributed by atoms with E-state index in [2.05, 4.69) is 17.9 Å². The second-order valence-electron chi connectivity index (χ2n) is 2.88. The van der Waals surface area contributed by atoms with E-state index >= 15 is 0 Å². The largest absolute Gasteiger partial charge is 0.495 e. The first-order chi connectivity index (χ1) is 6.77. The van der Waals surface area contributed by atoms with E-state index in [1.165, 1.54) is 5.56 Å². The smallest absolute Gasteiger partial charge is 0.137 e. The van der Waals surface area contributed by atoms with E-state index in [0.29, 0.717) is 10.9 Å². The highest BCUT2D eigenvalue weighted by Crippen LogP contribution is 2.24. The minimum absolute atomic E-state index is 0.663. The van der Waals surface area contributed by atoms with Crippen LogP contribution in [0.25, 0.3) is 0 Å². The van der Waals surface area contributed by atoms with E-state index in [9.17, 15) is 0 Å². The van der Waals surface area contributed by atoms with Gasteiger partial charge >= 0.3 is 0 Å². The standard InChI is InChI=1S/C10H14ClNOS/c1-13-10-3-2-8(6-9(10)11)4-5-12-7-14/h2-3,6,12,14H,4-5,7H2,1H3. The van der Waals surface area contributed by atoms with E-state index in [1.807, 2.05) is 18.2 Å². The quantitative estimate of drug-likeness (QED) is 0.461. The van der Waals surface area contributed by atoms with Gasteiger partial charge in [0.25, 0.3) is 0 Å². The molecule has 1 rings (SSSR count). The molecule has 0 unspecified atom stereocenters. The lowest BCUT2D eigenvalue weighted by molar-refractivity contribution is 0.415. The van der Waals surface area contributed by atoms with Gasteiger partial charge in [0.05, 0.1) is 12.1 Å². The molecule has 0 bridgehead atoms. The summed E-state index contributed by atoms with van der Waals surface area (Å²) in [5, 5.41) is 3.80. The molecule has 0 heterocycles. The summed E-state index contributed by atoms with van der Waals surface area (Å²) in [5.74, 6) is 1.42. The van der Waals surface area contributed by atoms with Gasteiger partial charge in [-0.2, -0.15) is 12.6 Å². The van der Waals surface area contributed by atoms with Gasteiger partial charge in [0.2, 0.25) is 0 Å². The zero-order chi connectivity index (χ0) is 10.4. The summed E-state index contributed by atoms with van der Waals surface area (Å²) in [6.45, 7) is 0.909. The van der Waals surface area contributed by atoms with E-state index < -0.39 is 0 Å². The van der Waals surface area contributed by atoms with Crippen LogP contribution in [-0.4, -0.2) is 19.5 Å². The number of benzene rings is 1. The van der Waals surface area contributed by atoms with Gasteiger partial charge in [-0.05, 0) is 30.7 Å². The Hall–Kier alpha value is -0.380. The number of halogens is 1. The molecule has 0 saturated heterocycles. The highest BCUT2D eigenvalue weighted by molar-refractivity contribution is 7.80. The third kappa shape index (κ3) is 3.40. The Morgan fingerprint density at radius 2 is 2.29 bits per heavy atom. The van der Waals surface area contributed by atoms with Gasteiger partial charge in [0.1, 0.15) is 5.75 Å². The Kier molecular flexibility index (Phi) is 5.15. The number of methoxy groups -OCH3 is 1. The molecule has 0 amide bonds. The summed E-state index contributed by atoms with van der Waals surface area (Å²) < 4.78 is 5.07. The molecule has 14 heavy (non-hydrogen) atoms. The summed E-state index contributed by atoms with van der Waals surface area (Å²) in [5.41, 5.74) is 1.20. The molecule has 1 N–H and O–H groups in total. The van der Waals surface area contributed by atoms with Crippen molar-refractivity contribution in [1.29, 1.82) is 0 Å². The number of thiol groups is 1. The highest BCUT2D eigenvalue weighted by atomic mass is 35.5. The number of rotatable bonds is 5. The van der Waals surface area contributed by atoms with Crippen LogP contribution in [0.5, 0.6) is 5.75 Å². The van der Waals surface area contributed by atoms with E-state index in [1.54, 1.807) is 7.11 Å². The van der Waals surface area contributed by atoms with Crippen molar-refractivity contribution in [2.24, 2.45) is 0 Å². The van der Waals surface area contributed by atoms with Crippen molar-refractivity contribution in [2.45, 2.75) is 6.42 Å². The number of nitrogens with one attached hydrogen (secondary N) is 1. The first kappa shape index (κ1) is 11.7. The van der Waals surface area contributed by atoms with Gasteiger partial charge in [0.15, 0.2) is 0 Å². The fourth-order valence-electron chi connectivity index (χ4n) is 1.18. The Morgan fingerprint density at radius 1 is 1.50 bits per heavy atom. The third-order valence-corrected chi connectivity index (χ3v) is 2.44. The highest BCUT2D eigenvalue weighted by Gasteiger charge is 2.00. The maximum absolute atomic E-state index is 5.98. The molecule has 0 aliphatic heterocycles. The van der Waals surface area contributed by atoms with Crippen molar-refractivity contribution in [1.82, 2.24) is 5.32 Å². The molecule has 1 aromatic carbocycles. The summed E-state index contributed by atoms with van der Waals surface area (Å²) >= 11 is 10.0. The first-order valence-electron chi connectivity index (χ1n) is 4.42. The normalized spacial score (nSPS) is 10.2. The molecule has 0 aromatic heterocycles. The van der Waals surface area contributed by atoms with Crippen LogP contribution in [0.15, 0.2) is 18.2 Å². The third-order valence-electron chi connectivity index (χ3n) is 1.92. The average Bonchev–Trinajstić information content (AvgIpc) is 2.18. The lowest BCUT2D eigenvalue weighted by atomic mass is 10.1. The molecule has 1 aromatic rings. The van der Waals surface area contributed by atoms with Crippen LogP contribution >= 0.6 is 24.2 Å². The number of ether oxygens (including phenoxy) is 1. The van der Waals surface area contributed by atoms with E-state index in [4.69, 9.17) is 16.3 Å². The van der Waals surface area contributed by atoms with Crippen LogP contribution in [-0.2, 0) is 6.42 Å².